The van der Waals surface area contributed by atoms with Crippen LogP contribution in [0, 0.1) is 17.8 Å². The van der Waals surface area contributed by atoms with Crippen LogP contribution in [-0.4, -0.2) is 26.7 Å². The molecule has 2 saturated carbocycles. The van der Waals surface area contributed by atoms with Crippen molar-refractivity contribution in [2.75, 3.05) is 0 Å². The van der Waals surface area contributed by atoms with E-state index in [0.717, 1.165) is 37.5 Å². The molecule has 1 aromatic heterocycles. The van der Waals surface area contributed by atoms with E-state index in [-0.39, 0.29) is 30.3 Å². The predicted molar refractivity (Wildman–Crippen MR) is 98.3 cm³/mol. The Balaban J connectivity index is 0.00000182. The second-order valence-electron chi connectivity index (χ2n) is 8.01. The number of halogens is 1. The summed E-state index contributed by atoms with van der Waals surface area (Å²) in [6.45, 7) is 3.00. The molecule has 4 rings (SSSR count). The molecule has 3 unspecified atom stereocenters. The molecule has 2 heterocycles. The van der Waals surface area contributed by atoms with Crippen LogP contribution in [0.1, 0.15) is 69.6 Å². The lowest BCUT2D eigenvalue weighted by Crippen LogP contribution is -2.49. The van der Waals surface area contributed by atoms with Crippen molar-refractivity contribution >= 4 is 18.3 Å². The first-order chi connectivity index (χ1) is 11.6. The average Bonchev–Trinajstić information content (AvgIpc) is 2.98. The minimum Gasteiger partial charge on any atom is -0.346 e. The van der Waals surface area contributed by atoms with Gasteiger partial charge in [0.15, 0.2) is 5.82 Å². The fraction of sp³-hybridized carbons (Fsp3) is 0.833. The minimum atomic E-state index is -0.0766. The van der Waals surface area contributed by atoms with Gasteiger partial charge in [0.2, 0.25) is 5.91 Å². The molecular weight excluding hydrogens is 338 g/mol. The second kappa shape index (κ2) is 7.62. The van der Waals surface area contributed by atoms with E-state index >= 15 is 0 Å². The molecule has 0 radical (unpaired) electrons. The van der Waals surface area contributed by atoms with Crippen molar-refractivity contribution in [3.8, 4) is 0 Å². The number of amides is 1. The van der Waals surface area contributed by atoms with E-state index in [1.54, 1.807) is 0 Å². The molecular formula is C18H30ClN5O. The quantitative estimate of drug-likeness (QED) is 0.858. The number of fused-ring (bicyclic) bond motifs is 3. The summed E-state index contributed by atoms with van der Waals surface area (Å²) in [5.41, 5.74) is 6.35. The Morgan fingerprint density at radius 3 is 2.64 bits per heavy atom. The maximum atomic E-state index is 12.8. The van der Waals surface area contributed by atoms with Crippen LogP contribution in [0.2, 0.25) is 0 Å². The van der Waals surface area contributed by atoms with Crippen molar-refractivity contribution in [1.29, 1.82) is 0 Å². The van der Waals surface area contributed by atoms with Gasteiger partial charge in [0.05, 0.1) is 6.04 Å². The summed E-state index contributed by atoms with van der Waals surface area (Å²) in [5, 5.41) is 11.8. The summed E-state index contributed by atoms with van der Waals surface area (Å²) in [4.78, 5) is 12.8. The standard InChI is InChI=1S/C18H29N5O.ClH/c1-11(17-22-21-15-7-2-3-8-23(15)17)20-18(24)14-9-12-5-4-6-13(10-14)16(12)19;/h11-14,16H,2-10,19H2,1H3,(H,20,24);1H. The van der Waals surface area contributed by atoms with Gasteiger partial charge in [0, 0.05) is 24.9 Å². The van der Waals surface area contributed by atoms with Crippen molar-refractivity contribution in [3.05, 3.63) is 11.6 Å². The molecule has 25 heavy (non-hydrogen) atoms. The molecule has 0 saturated heterocycles. The largest absolute Gasteiger partial charge is 0.346 e. The summed E-state index contributed by atoms with van der Waals surface area (Å²) < 4.78 is 2.19. The van der Waals surface area contributed by atoms with Crippen molar-refractivity contribution in [2.45, 2.75) is 76.9 Å². The molecule has 1 aliphatic heterocycles. The van der Waals surface area contributed by atoms with Gasteiger partial charge in [0.25, 0.3) is 0 Å². The molecule has 2 bridgehead atoms. The lowest BCUT2D eigenvalue weighted by atomic mass is 9.65. The lowest BCUT2D eigenvalue weighted by Gasteiger charge is -2.43. The number of nitrogens with zero attached hydrogens (tertiary/aromatic N) is 3. The fourth-order valence-electron chi connectivity index (χ4n) is 5.05. The summed E-state index contributed by atoms with van der Waals surface area (Å²) in [7, 11) is 0. The maximum Gasteiger partial charge on any atom is 0.223 e. The number of nitrogens with two attached hydrogens (primary N) is 1. The highest BCUT2D eigenvalue weighted by molar-refractivity contribution is 5.85. The number of carbonyl (C=O) groups is 1. The maximum absolute atomic E-state index is 12.8. The van der Waals surface area contributed by atoms with Crippen LogP contribution in [0.15, 0.2) is 0 Å². The zero-order valence-electron chi connectivity index (χ0n) is 15.0. The van der Waals surface area contributed by atoms with Crippen LogP contribution in [0.25, 0.3) is 0 Å². The van der Waals surface area contributed by atoms with Gasteiger partial charge in [-0.15, -0.1) is 22.6 Å². The molecule has 0 aromatic carbocycles. The molecule has 140 valence electrons. The van der Waals surface area contributed by atoms with Crippen LogP contribution >= 0.6 is 12.4 Å². The van der Waals surface area contributed by atoms with E-state index in [1.165, 1.54) is 32.1 Å². The number of aryl methyl sites for hydroxylation is 1. The molecule has 1 aromatic rings. The van der Waals surface area contributed by atoms with Crippen LogP contribution in [0.5, 0.6) is 0 Å². The number of carbonyl (C=O) groups excluding carboxylic acids is 1. The number of hydrogen-bond acceptors (Lipinski definition) is 4. The third-order valence-electron chi connectivity index (χ3n) is 6.42. The predicted octanol–water partition coefficient (Wildman–Crippen LogP) is 2.37. The van der Waals surface area contributed by atoms with Gasteiger partial charge in [-0.1, -0.05) is 6.42 Å². The van der Waals surface area contributed by atoms with Crippen LogP contribution in [0.4, 0.5) is 0 Å². The van der Waals surface area contributed by atoms with Gasteiger partial charge < -0.3 is 15.6 Å². The zero-order valence-corrected chi connectivity index (χ0v) is 15.8. The Kier molecular flexibility index (Phi) is 5.68. The molecule has 2 aliphatic carbocycles. The Morgan fingerprint density at radius 1 is 1.20 bits per heavy atom. The van der Waals surface area contributed by atoms with E-state index in [4.69, 9.17) is 5.73 Å². The topological polar surface area (TPSA) is 85.8 Å². The van der Waals surface area contributed by atoms with Gasteiger partial charge >= 0.3 is 0 Å². The van der Waals surface area contributed by atoms with Crippen molar-refractivity contribution in [1.82, 2.24) is 20.1 Å². The summed E-state index contributed by atoms with van der Waals surface area (Å²) >= 11 is 0. The monoisotopic (exact) mass is 367 g/mol. The summed E-state index contributed by atoms with van der Waals surface area (Å²) in [5.74, 6) is 3.33. The Bertz CT molecular complexity index is 605. The Hall–Kier alpha value is -1.14. The van der Waals surface area contributed by atoms with E-state index in [2.05, 4.69) is 20.1 Å². The Labute approximate surface area is 155 Å². The average molecular weight is 368 g/mol. The third-order valence-corrected chi connectivity index (χ3v) is 6.42. The summed E-state index contributed by atoms with van der Waals surface area (Å²) in [6.07, 6.45) is 8.91. The number of rotatable bonds is 3. The third kappa shape index (κ3) is 3.56. The molecule has 6 nitrogen and oxygen atoms in total. The van der Waals surface area contributed by atoms with Crippen LogP contribution in [0.3, 0.4) is 0 Å². The first kappa shape index (κ1) is 18.6. The first-order valence-electron chi connectivity index (χ1n) is 9.61. The van der Waals surface area contributed by atoms with Gasteiger partial charge in [-0.3, -0.25) is 4.79 Å². The molecule has 3 aliphatic rings. The molecule has 3 atom stereocenters. The van der Waals surface area contributed by atoms with Crippen molar-refractivity contribution in [2.24, 2.45) is 23.5 Å². The Morgan fingerprint density at radius 2 is 1.92 bits per heavy atom. The fourth-order valence-corrected chi connectivity index (χ4v) is 5.05. The van der Waals surface area contributed by atoms with Gasteiger partial charge in [-0.25, -0.2) is 0 Å². The normalized spacial score (nSPS) is 32.2. The molecule has 1 amide bonds. The molecule has 7 heteroatoms. The van der Waals surface area contributed by atoms with E-state index < -0.39 is 0 Å². The first-order valence-corrected chi connectivity index (χ1v) is 9.61. The van der Waals surface area contributed by atoms with Gasteiger partial charge in [-0.05, 0) is 57.3 Å². The van der Waals surface area contributed by atoms with E-state index in [9.17, 15) is 4.79 Å². The molecule has 0 spiro atoms. The van der Waals surface area contributed by atoms with E-state index in [1.807, 2.05) is 6.92 Å². The number of hydrogen-bond donors (Lipinski definition) is 2. The lowest BCUT2D eigenvalue weighted by molar-refractivity contribution is -0.128. The molecule has 3 N–H and O–H groups in total. The number of nitrogens with one attached hydrogen (secondary N) is 1. The highest BCUT2D eigenvalue weighted by Gasteiger charge is 2.40. The van der Waals surface area contributed by atoms with Gasteiger partial charge in [-0.2, -0.15) is 0 Å². The summed E-state index contributed by atoms with van der Waals surface area (Å²) in [6, 6.07) is 0.232. The highest BCUT2D eigenvalue weighted by atomic mass is 35.5. The van der Waals surface area contributed by atoms with Crippen LogP contribution < -0.4 is 11.1 Å². The smallest absolute Gasteiger partial charge is 0.223 e. The van der Waals surface area contributed by atoms with Gasteiger partial charge in [0.1, 0.15) is 5.82 Å². The van der Waals surface area contributed by atoms with Crippen LogP contribution in [-0.2, 0) is 17.8 Å². The zero-order chi connectivity index (χ0) is 16.7. The van der Waals surface area contributed by atoms with E-state index in [0.29, 0.717) is 17.9 Å². The highest BCUT2D eigenvalue weighted by Crippen LogP contribution is 2.42. The second-order valence-corrected chi connectivity index (χ2v) is 8.01. The van der Waals surface area contributed by atoms with Crippen molar-refractivity contribution < 1.29 is 4.79 Å². The number of aromatic nitrogens is 3. The molecule has 2 fully saturated rings. The minimum absolute atomic E-state index is 0. The SMILES string of the molecule is CC(NC(=O)C1CC2CCCC(C1)C2N)c1nnc2n1CCCC2.Cl. The van der Waals surface area contributed by atoms with Crippen molar-refractivity contribution in [3.63, 3.8) is 0 Å².